The highest BCUT2D eigenvalue weighted by molar-refractivity contribution is 7.57. The summed E-state index contributed by atoms with van der Waals surface area (Å²) >= 11 is 0. The summed E-state index contributed by atoms with van der Waals surface area (Å²) in [6.45, 7) is 5.81. The summed E-state index contributed by atoms with van der Waals surface area (Å²) in [5.74, 6) is -0.0642. The van der Waals surface area contributed by atoms with Crippen LogP contribution in [0.4, 0.5) is 0 Å². The van der Waals surface area contributed by atoms with Crippen molar-refractivity contribution in [2.45, 2.75) is 52.0 Å². The topological polar surface area (TPSA) is 83.1 Å². The van der Waals surface area contributed by atoms with Gasteiger partial charge in [0.2, 0.25) is 0 Å². The zero-order chi connectivity index (χ0) is 19.7. The van der Waals surface area contributed by atoms with E-state index in [1.165, 1.54) is 0 Å². The Hall–Kier alpha value is -1.66. The molecule has 7 nitrogen and oxygen atoms in total. The van der Waals surface area contributed by atoms with E-state index in [2.05, 4.69) is 5.09 Å². The van der Waals surface area contributed by atoms with Crippen molar-refractivity contribution in [2.24, 2.45) is 0 Å². The maximum absolute atomic E-state index is 13.3. The Morgan fingerprint density at radius 2 is 2.04 bits per heavy atom. The molecule has 0 radical (unpaired) electrons. The molecule has 1 N–H and O–H groups in total. The van der Waals surface area contributed by atoms with Gasteiger partial charge in [0.05, 0.1) is 12.7 Å². The minimum Gasteiger partial charge on any atom is -0.465 e. The standard InChI is InChI=1S/C19H28NO6P/c1-4-5-13-23-19(21)16(3)20-27(22,26-17-9-7-6-8-10-17)14-24-18-12-11-15(2)25-18/h6-12,15-16,18H,4-5,13-14H2,1-3H3,(H,20,22)/t15-,16-,18-,27?/m0/s1. The van der Waals surface area contributed by atoms with Gasteiger partial charge in [0.25, 0.3) is 0 Å². The predicted molar refractivity (Wildman–Crippen MR) is 103 cm³/mol. The van der Waals surface area contributed by atoms with Crippen LogP contribution in [0.25, 0.3) is 0 Å². The molecule has 1 unspecified atom stereocenters. The molecule has 2 rings (SSSR count). The van der Waals surface area contributed by atoms with E-state index in [1.54, 1.807) is 37.3 Å². The smallest absolute Gasteiger partial charge is 0.342 e. The summed E-state index contributed by atoms with van der Waals surface area (Å²) in [6, 6.07) is 7.94. The quantitative estimate of drug-likeness (QED) is 0.263. The van der Waals surface area contributed by atoms with Gasteiger partial charge in [-0.15, -0.1) is 0 Å². The van der Waals surface area contributed by atoms with Crippen LogP contribution >= 0.6 is 7.52 Å². The number of hydrogen-bond acceptors (Lipinski definition) is 6. The summed E-state index contributed by atoms with van der Waals surface area (Å²) in [7, 11) is -3.55. The van der Waals surface area contributed by atoms with Crippen molar-refractivity contribution in [1.29, 1.82) is 0 Å². The molecule has 0 amide bonds. The molecule has 0 aliphatic carbocycles. The first-order valence-corrected chi connectivity index (χ1v) is 11.0. The monoisotopic (exact) mass is 397 g/mol. The van der Waals surface area contributed by atoms with Crippen molar-refractivity contribution in [1.82, 2.24) is 5.09 Å². The summed E-state index contributed by atoms with van der Waals surface area (Å²) < 4.78 is 35.2. The Kier molecular flexibility index (Phi) is 8.51. The molecule has 1 aliphatic heterocycles. The second-order valence-corrected chi connectivity index (χ2v) is 8.39. The van der Waals surface area contributed by atoms with Crippen LogP contribution in [0.3, 0.4) is 0 Å². The molecule has 1 aromatic carbocycles. The van der Waals surface area contributed by atoms with Gasteiger partial charge in [-0.3, -0.25) is 9.36 Å². The molecule has 0 saturated heterocycles. The summed E-state index contributed by atoms with van der Waals surface area (Å²) in [6.07, 6.45) is 4.39. The Morgan fingerprint density at radius 1 is 1.30 bits per heavy atom. The molecular formula is C19H28NO6P. The molecule has 0 bridgehead atoms. The lowest BCUT2D eigenvalue weighted by atomic mass is 10.3. The Morgan fingerprint density at radius 3 is 2.67 bits per heavy atom. The fourth-order valence-electron chi connectivity index (χ4n) is 2.35. The van der Waals surface area contributed by atoms with E-state index >= 15 is 0 Å². The van der Waals surface area contributed by atoms with Gasteiger partial charge >= 0.3 is 13.5 Å². The van der Waals surface area contributed by atoms with Crippen molar-refractivity contribution in [3.63, 3.8) is 0 Å². The van der Waals surface area contributed by atoms with Gasteiger partial charge < -0.3 is 18.7 Å². The molecule has 0 aromatic heterocycles. The Bertz CT molecular complexity index is 665. The van der Waals surface area contributed by atoms with Crippen molar-refractivity contribution in [3.05, 3.63) is 42.5 Å². The van der Waals surface area contributed by atoms with Crippen LogP contribution in [-0.4, -0.2) is 37.4 Å². The number of benzene rings is 1. The Labute approximate surface area is 160 Å². The van der Waals surface area contributed by atoms with Gasteiger partial charge in [0.15, 0.2) is 12.6 Å². The van der Waals surface area contributed by atoms with Crippen LogP contribution in [0, 0.1) is 0 Å². The number of carbonyl (C=O) groups excluding carboxylic acids is 1. The summed E-state index contributed by atoms with van der Waals surface area (Å²) in [5, 5.41) is 2.76. The molecule has 8 heteroatoms. The van der Waals surface area contributed by atoms with Crippen molar-refractivity contribution >= 4 is 13.5 Å². The van der Waals surface area contributed by atoms with Crippen LogP contribution in [0.15, 0.2) is 42.5 Å². The molecule has 0 saturated carbocycles. The predicted octanol–water partition coefficient (Wildman–Crippen LogP) is 3.86. The van der Waals surface area contributed by atoms with Crippen LogP contribution in [0.1, 0.15) is 33.6 Å². The summed E-state index contributed by atoms with van der Waals surface area (Å²) in [4.78, 5) is 12.1. The second-order valence-electron chi connectivity index (χ2n) is 6.34. The molecule has 0 spiro atoms. The number of nitrogens with one attached hydrogen (secondary N) is 1. The normalized spacial score (nSPS) is 22.2. The number of hydrogen-bond donors (Lipinski definition) is 1. The van der Waals surface area contributed by atoms with E-state index < -0.39 is 25.8 Å². The zero-order valence-corrected chi connectivity index (χ0v) is 16.9. The Balaban J connectivity index is 2.00. The molecule has 1 aliphatic rings. The van der Waals surface area contributed by atoms with Crippen LogP contribution in [-0.2, 0) is 23.6 Å². The number of ether oxygens (including phenoxy) is 3. The van der Waals surface area contributed by atoms with Gasteiger partial charge in [0.1, 0.15) is 11.8 Å². The second kappa shape index (κ2) is 10.6. The molecule has 1 heterocycles. The number of carbonyl (C=O) groups is 1. The van der Waals surface area contributed by atoms with E-state index in [9.17, 15) is 9.36 Å². The van der Waals surface area contributed by atoms with E-state index in [-0.39, 0.29) is 12.5 Å². The van der Waals surface area contributed by atoms with Crippen molar-refractivity contribution < 1.29 is 28.1 Å². The van der Waals surface area contributed by atoms with Crippen molar-refractivity contribution in [3.8, 4) is 5.75 Å². The number of esters is 1. The summed E-state index contributed by atoms with van der Waals surface area (Å²) in [5.41, 5.74) is 0. The zero-order valence-electron chi connectivity index (χ0n) is 16.0. The fourth-order valence-corrected chi connectivity index (χ4v) is 4.03. The molecule has 27 heavy (non-hydrogen) atoms. The van der Waals surface area contributed by atoms with Gasteiger partial charge in [-0.05, 0) is 38.5 Å². The number of para-hydroxylation sites is 1. The molecule has 4 atom stereocenters. The maximum Gasteiger partial charge on any atom is 0.342 e. The molecule has 150 valence electrons. The molecule has 0 fully saturated rings. The number of unbranched alkanes of at least 4 members (excludes halogenated alkanes) is 1. The highest BCUT2D eigenvalue weighted by Crippen LogP contribution is 2.44. The maximum atomic E-state index is 13.3. The average Bonchev–Trinajstić information content (AvgIpc) is 3.06. The third-order valence-corrected chi connectivity index (χ3v) is 5.55. The van der Waals surface area contributed by atoms with Crippen LogP contribution in [0.2, 0.25) is 0 Å². The van der Waals surface area contributed by atoms with Crippen LogP contribution in [0.5, 0.6) is 5.75 Å². The lowest BCUT2D eigenvalue weighted by molar-refractivity contribution is -0.145. The van der Waals surface area contributed by atoms with E-state index in [1.807, 2.05) is 26.0 Å². The SMILES string of the molecule is CCCCOC(=O)[C@H](C)NP(=O)(CO[C@@H]1C=C[C@H](C)O1)Oc1ccccc1. The largest absolute Gasteiger partial charge is 0.465 e. The minimum absolute atomic E-state index is 0.0650. The third kappa shape index (κ3) is 7.46. The lowest BCUT2D eigenvalue weighted by Gasteiger charge is -2.24. The minimum atomic E-state index is -3.55. The third-order valence-electron chi connectivity index (χ3n) is 3.78. The highest BCUT2D eigenvalue weighted by Gasteiger charge is 2.32. The first-order valence-electron chi connectivity index (χ1n) is 9.15. The number of rotatable bonds is 11. The average molecular weight is 397 g/mol. The fraction of sp³-hybridized carbons (Fsp3) is 0.526. The van der Waals surface area contributed by atoms with Gasteiger partial charge in [0, 0.05) is 0 Å². The molecule has 1 aromatic rings. The van der Waals surface area contributed by atoms with Gasteiger partial charge in [-0.25, -0.2) is 5.09 Å². The highest BCUT2D eigenvalue weighted by atomic mass is 31.2. The van der Waals surface area contributed by atoms with Gasteiger partial charge in [-0.2, -0.15) is 0 Å². The van der Waals surface area contributed by atoms with Crippen LogP contribution < -0.4 is 9.61 Å². The first-order chi connectivity index (χ1) is 12.9. The van der Waals surface area contributed by atoms with E-state index in [0.717, 1.165) is 12.8 Å². The van der Waals surface area contributed by atoms with Gasteiger partial charge in [-0.1, -0.05) is 37.6 Å². The molecular weight excluding hydrogens is 369 g/mol. The van der Waals surface area contributed by atoms with E-state index in [0.29, 0.717) is 12.4 Å². The van der Waals surface area contributed by atoms with Crippen molar-refractivity contribution in [2.75, 3.05) is 13.0 Å². The van der Waals surface area contributed by atoms with E-state index in [4.69, 9.17) is 18.7 Å². The first kappa shape index (κ1) is 21.6. The lowest BCUT2D eigenvalue weighted by Crippen LogP contribution is -2.36.